The van der Waals surface area contributed by atoms with Crippen molar-refractivity contribution in [3.8, 4) is 0 Å². The second kappa shape index (κ2) is 9.37. The van der Waals surface area contributed by atoms with E-state index in [1.54, 1.807) is 24.3 Å². The molecule has 0 aromatic heterocycles. The summed E-state index contributed by atoms with van der Waals surface area (Å²) in [6.45, 7) is 3.42. The minimum absolute atomic E-state index is 0.0185. The van der Waals surface area contributed by atoms with Crippen LogP contribution >= 0.6 is 0 Å². The van der Waals surface area contributed by atoms with E-state index in [1.165, 1.54) is 6.92 Å². The summed E-state index contributed by atoms with van der Waals surface area (Å²) in [6.07, 6.45) is 2.80. The summed E-state index contributed by atoms with van der Waals surface area (Å²) in [7, 11) is 0. The minimum atomic E-state index is -0.134. The predicted octanol–water partition coefficient (Wildman–Crippen LogP) is 4.34. The average molecular weight is 393 g/mol. The van der Waals surface area contributed by atoms with E-state index in [1.807, 2.05) is 31.2 Å². The van der Waals surface area contributed by atoms with Gasteiger partial charge in [0.2, 0.25) is 17.7 Å². The van der Waals surface area contributed by atoms with Crippen molar-refractivity contribution in [1.29, 1.82) is 0 Å². The molecule has 0 spiro atoms. The molecule has 1 fully saturated rings. The second-order valence-corrected chi connectivity index (χ2v) is 7.60. The molecular formula is C23H27N3O3. The van der Waals surface area contributed by atoms with E-state index in [2.05, 4.69) is 16.0 Å². The van der Waals surface area contributed by atoms with Gasteiger partial charge in [-0.15, -0.1) is 0 Å². The van der Waals surface area contributed by atoms with Crippen LogP contribution in [0.5, 0.6) is 0 Å². The van der Waals surface area contributed by atoms with Crippen molar-refractivity contribution in [1.82, 2.24) is 0 Å². The van der Waals surface area contributed by atoms with Gasteiger partial charge >= 0.3 is 0 Å². The molecule has 0 bridgehead atoms. The molecule has 2 aromatic carbocycles. The number of hydrogen-bond donors (Lipinski definition) is 3. The molecule has 3 amide bonds. The van der Waals surface area contributed by atoms with Crippen LogP contribution in [0.25, 0.3) is 0 Å². The van der Waals surface area contributed by atoms with Crippen molar-refractivity contribution in [3.05, 3.63) is 54.1 Å². The molecule has 0 radical (unpaired) electrons. The van der Waals surface area contributed by atoms with Crippen LogP contribution in [0, 0.1) is 18.8 Å². The van der Waals surface area contributed by atoms with Crippen LogP contribution in [0.4, 0.5) is 17.1 Å². The number of hydrogen-bond acceptors (Lipinski definition) is 3. The van der Waals surface area contributed by atoms with Gasteiger partial charge in [0.25, 0.3) is 0 Å². The van der Waals surface area contributed by atoms with E-state index >= 15 is 0 Å². The first-order valence-electron chi connectivity index (χ1n) is 9.97. The normalized spacial score (nSPS) is 18.6. The maximum absolute atomic E-state index is 12.6. The Hall–Kier alpha value is -3.15. The molecule has 3 N–H and O–H groups in total. The van der Waals surface area contributed by atoms with Crippen LogP contribution in [0.15, 0.2) is 48.5 Å². The lowest BCUT2D eigenvalue weighted by atomic mass is 9.81. The van der Waals surface area contributed by atoms with Gasteiger partial charge in [-0.25, -0.2) is 0 Å². The zero-order valence-electron chi connectivity index (χ0n) is 16.8. The number of carbonyl (C=O) groups excluding carboxylic acids is 3. The first-order valence-corrected chi connectivity index (χ1v) is 9.97. The molecule has 3 rings (SSSR count). The van der Waals surface area contributed by atoms with Crippen molar-refractivity contribution in [2.45, 2.75) is 39.5 Å². The molecule has 1 aliphatic carbocycles. The van der Waals surface area contributed by atoms with Crippen molar-refractivity contribution in [2.75, 3.05) is 16.0 Å². The zero-order valence-corrected chi connectivity index (χ0v) is 16.8. The summed E-state index contributed by atoms with van der Waals surface area (Å²) in [5, 5.41) is 8.64. The zero-order chi connectivity index (χ0) is 20.8. The molecule has 152 valence electrons. The molecule has 0 unspecified atom stereocenters. The Balaban J connectivity index is 1.48. The molecule has 0 saturated heterocycles. The Kier molecular flexibility index (Phi) is 6.65. The van der Waals surface area contributed by atoms with Gasteiger partial charge in [-0.3, -0.25) is 14.4 Å². The lowest BCUT2D eigenvalue weighted by molar-refractivity contribution is -0.125. The first-order chi connectivity index (χ1) is 13.9. The lowest BCUT2D eigenvalue weighted by Crippen LogP contribution is -2.32. The highest BCUT2D eigenvalue weighted by atomic mass is 16.2. The summed E-state index contributed by atoms with van der Waals surface area (Å²) in [5.74, 6) is -0.269. The van der Waals surface area contributed by atoms with Gasteiger partial charge in [0.15, 0.2) is 0 Å². The average Bonchev–Trinajstić information content (AvgIpc) is 2.71. The lowest BCUT2D eigenvalue weighted by Gasteiger charge is -2.27. The Bertz CT molecular complexity index is 884. The highest BCUT2D eigenvalue weighted by Crippen LogP contribution is 2.31. The van der Waals surface area contributed by atoms with Crippen molar-refractivity contribution in [3.63, 3.8) is 0 Å². The van der Waals surface area contributed by atoms with E-state index in [0.717, 1.165) is 11.3 Å². The fraction of sp³-hybridized carbons (Fsp3) is 0.348. The Morgan fingerprint density at radius 2 is 1.21 bits per heavy atom. The second-order valence-electron chi connectivity index (χ2n) is 7.60. The van der Waals surface area contributed by atoms with Gasteiger partial charge < -0.3 is 16.0 Å². The highest BCUT2D eigenvalue weighted by molar-refractivity contribution is 5.95. The fourth-order valence-corrected chi connectivity index (χ4v) is 3.65. The third-order valence-electron chi connectivity index (χ3n) is 5.34. The van der Waals surface area contributed by atoms with E-state index in [4.69, 9.17) is 0 Å². The molecule has 1 aliphatic rings. The van der Waals surface area contributed by atoms with Gasteiger partial charge in [-0.1, -0.05) is 18.2 Å². The van der Waals surface area contributed by atoms with Crippen molar-refractivity contribution in [2.24, 2.45) is 11.8 Å². The number of aryl methyl sites for hydroxylation is 1. The number of anilines is 3. The molecule has 0 aliphatic heterocycles. The molecule has 0 atom stereocenters. The van der Waals surface area contributed by atoms with Gasteiger partial charge in [-0.2, -0.15) is 0 Å². The van der Waals surface area contributed by atoms with Crippen molar-refractivity contribution < 1.29 is 14.4 Å². The van der Waals surface area contributed by atoms with Crippen molar-refractivity contribution >= 4 is 34.8 Å². The van der Waals surface area contributed by atoms with Gasteiger partial charge in [0.05, 0.1) is 0 Å². The standard InChI is InChI=1S/C23H27N3O3/c1-15-5-3-4-6-21(15)26-23(29)18-9-7-17(8-10-18)22(28)25-20-13-11-19(12-14-20)24-16(2)27/h3-6,11-14,17-18H,7-10H2,1-2H3,(H,24,27)(H,25,28)(H,26,29). The maximum atomic E-state index is 12.6. The quantitative estimate of drug-likeness (QED) is 0.706. The minimum Gasteiger partial charge on any atom is -0.326 e. The van der Waals surface area contributed by atoms with Crippen LogP contribution in [-0.2, 0) is 14.4 Å². The van der Waals surface area contributed by atoms with Crippen LogP contribution in [0.2, 0.25) is 0 Å². The summed E-state index contributed by atoms with van der Waals surface area (Å²) in [5.41, 5.74) is 3.28. The predicted molar refractivity (Wildman–Crippen MR) is 115 cm³/mol. The molecular weight excluding hydrogens is 366 g/mol. The smallest absolute Gasteiger partial charge is 0.227 e. The molecule has 0 heterocycles. The van der Waals surface area contributed by atoms with Crippen LogP contribution in [-0.4, -0.2) is 17.7 Å². The van der Waals surface area contributed by atoms with Gasteiger partial charge in [-0.05, 0) is 68.5 Å². The van der Waals surface area contributed by atoms with E-state index < -0.39 is 0 Å². The molecule has 2 aromatic rings. The molecule has 29 heavy (non-hydrogen) atoms. The summed E-state index contributed by atoms with van der Waals surface area (Å²) >= 11 is 0. The van der Waals surface area contributed by atoms with Crippen LogP contribution in [0.1, 0.15) is 38.2 Å². The molecule has 1 saturated carbocycles. The van der Waals surface area contributed by atoms with E-state index in [0.29, 0.717) is 37.1 Å². The highest BCUT2D eigenvalue weighted by Gasteiger charge is 2.30. The SMILES string of the molecule is CC(=O)Nc1ccc(NC(=O)C2CCC(C(=O)Nc3ccccc3C)CC2)cc1. The number of para-hydroxylation sites is 1. The van der Waals surface area contributed by atoms with Gasteiger partial charge in [0, 0.05) is 35.8 Å². The largest absolute Gasteiger partial charge is 0.326 e. The maximum Gasteiger partial charge on any atom is 0.227 e. The van der Waals surface area contributed by atoms with Crippen LogP contribution in [0.3, 0.4) is 0 Å². The monoisotopic (exact) mass is 393 g/mol. The number of rotatable bonds is 5. The summed E-state index contributed by atoms with van der Waals surface area (Å²) in [4.78, 5) is 36.2. The third kappa shape index (κ3) is 5.67. The summed E-state index contributed by atoms with van der Waals surface area (Å²) < 4.78 is 0. The molecule has 6 nitrogen and oxygen atoms in total. The number of amides is 3. The number of carbonyl (C=O) groups is 3. The van der Waals surface area contributed by atoms with E-state index in [9.17, 15) is 14.4 Å². The first kappa shape index (κ1) is 20.6. The Labute approximate surface area is 171 Å². The molecule has 6 heteroatoms. The summed E-state index contributed by atoms with van der Waals surface area (Å²) in [6, 6.07) is 14.8. The Morgan fingerprint density at radius 3 is 1.72 bits per heavy atom. The Morgan fingerprint density at radius 1 is 0.724 bits per heavy atom. The fourth-order valence-electron chi connectivity index (χ4n) is 3.65. The topological polar surface area (TPSA) is 87.3 Å². The number of benzene rings is 2. The van der Waals surface area contributed by atoms with Crippen LogP contribution < -0.4 is 16.0 Å². The third-order valence-corrected chi connectivity index (χ3v) is 5.34. The van der Waals surface area contributed by atoms with Gasteiger partial charge in [0.1, 0.15) is 0 Å². The number of nitrogens with one attached hydrogen (secondary N) is 3. The van der Waals surface area contributed by atoms with E-state index in [-0.39, 0.29) is 29.6 Å².